The lowest BCUT2D eigenvalue weighted by Crippen LogP contribution is -2.59. The molecule has 2 N–H and O–H groups in total. The van der Waals surface area contributed by atoms with E-state index in [4.69, 9.17) is 4.74 Å². The Morgan fingerprint density at radius 1 is 1.05 bits per heavy atom. The molecule has 1 aromatic rings. The fraction of sp³-hybridized carbons (Fsp3) is 0.684. The Bertz CT molecular complexity index is 500. The normalized spacial score (nSPS) is 31.8. The van der Waals surface area contributed by atoms with E-state index in [1.807, 2.05) is 0 Å². The van der Waals surface area contributed by atoms with Gasteiger partial charge in [0, 0.05) is 12.1 Å². The van der Waals surface area contributed by atoms with Crippen LogP contribution in [0.5, 0.6) is 0 Å². The van der Waals surface area contributed by atoms with E-state index >= 15 is 0 Å². The summed E-state index contributed by atoms with van der Waals surface area (Å²) in [5, 5.41) is 15.2. The van der Waals surface area contributed by atoms with E-state index in [1.54, 1.807) is 0 Å². The number of rotatable bonds is 3. The zero-order chi connectivity index (χ0) is 15.9. The predicted molar refractivity (Wildman–Crippen MR) is 89.3 cm³/mol. The second-order valence-corrected chi connectivity index (χ2v) is 7.66. The highest BCUT2D eigenvalue weighted by Crippen LogP contribution is 2.43. The van der Waals surface area contributed by atoms with Crippen molar-refractivity contribution in [1.82, 2.24) is 5.32 Å². The monoisotopic (exact) mass is 303 g/mol. The predicted octanol–water partition coefficient (Wildman–Crippen LogP) is 3.27. The molecule has 0 aromatic heterocycles. The van der Waals surface area contributed by atoms with Crippen LogP contribution < -0.4 is 5.32 Å². The van der Waals surface area contributed by atoms with Gasteiger partial charge in [0.25, 0.3) is 0 Å². The van der Waals surface area contributed by atoms with E-state index in [-0.39, 0.29) is 12.1 Å². The van der Waals surface area contributed by atoms with Crippen LogP contribution in [-0.2, 0) is 10.3 Å². The fourth-order valence-electron chi connectivity index (χ4n) is 4.21. The smallest absolute Gasteiger partial charge is 0.0933 e. The molecule has 0 aliphatic carbocycles. The fourth-order valence-corrected chi connectivity index (χ4v) is 4.21. The summed E-state index contributed by atoms with van der Waals surface area (Å²) in [5.74, 6) is 0.840. The van der Waals surface area contributed by atoms with Gasteiger partial charge >= 0.3 is 0 Å². The Kier molecular flexibility index (Phi) is 4.32. The van der Waals surface area contributed by atoms with Crippen LogP contribution in [-0.4, -0.2) is 30.4 Å². The van der Waals surface area contributed by atoms with Crippen LogP contribution in [0.2, 0.25) is 0 Å². The Morgan fingerprint density at radius 2 is 1.55 bits per heavy atom. The van der Waals surface area contributed by atoms with Gasteiger partial charge in [-0.15, -0.1) is 0 Å². The van der Waals surface area contributed by atoms with Crippen LogP contribution in [0, 0.1) is 0 Å². The molecule has 2 fully saturated rings. The average molecular weight is 303 g/mol. The number of aliphatic hydroxyl groups is 1. The summed E-state index contributed by atoms with van der Waals surface area (Å²) in [6, 6.07) is 7.05. The lowest BCUT2D eigenvalue weighted by molar-refractivity contribution is -0.0812. The van der Waals surface area contributed by atoms with Crippen LogP contribution in [0.15, 0.2) is 18.2 Å². The van der Waals surface area contributed by atoms with Crippen molar-refractivity contribution in [1.29, 1.82) is 0 Å². The van der Waals surface area contributed by atoms with Crippen molar-refractivity contribution in [3.05, 3.63) is 34.9 Å². The first-order valence-electron chi connectivity index (χ1n) is 8.60. The van der Waals surface area contributed by atoms with Gasteiger partial charge in [0.15, 0.2) is 0 Å². The molecule has 2 saturated heterocycles. The highest BCUT2D eigenvalue weighted by atomic mass is 16.5. The highest BCUT2D eigenvalue weighted by molar-refractivity contribution is 5.43. The molecule has 2 aliphatic heterocycles. The van der Waals surface area contributed by atoms with Crippen LogP contribution in [0.1, 0.15) is 69.1 Å². The molecule has 2 heterocycles. The van der Waals surface area contributed by atoms with Crippen LogP contribution in [0.25, 0.3) is 0 Å². The second kappa shape index (κ2) is 5.95. The molecule has 2 bridgehead atoms. The zero-order valence-corrected chi connectivity index (χ0v) is 14.2. The second-order valence-electron chi connectivity index (χ2n) is 7.66. The topological polar surface area (TPSA) is 41.5 Å². The van der Waals surface area contributed by atoms with E-state index in [1.165, 1.54) is 16.7 Å². The molecule has 1 aromatic carbocycles. The van der Waals surface area contributed by atoms with Crippen LogP contribution in [0.4, 0.5) is 0 Å². The summed E-state index contributed by atoms with van der Waals surface area (Å²) in [7, 11) is 0. The molecule has 122 valence electrons. The number of fused-ring (bicyclic) bond motifs is 2. The molecule has 0 amide bonds. The lowest BCUT2D eigenvalue weighted by atomic mass is 9.72. The summed E-state index contributed by atoms with van der Waals surface area (Å²) in [5.41, 5.74) is 3.06. The van der Waals surface area contributed by atoms with Crippen molar-refractivity contribution in [2.24, 2.45) is 0 Å². The molecule has 3 nitrogen and oxygen atoms in total. The quantitative estimate of drug-likeness (QED) is 0.900. The molecule has 22 heavy (non-hydrogen) atoms. The van der Waals surface area contributed by atoms with Gasteiger partial charge in [0.1, 0.15) is 0 Å². The van der Waals surface area contributed by atoms with Gasteiger partial charge in [-0.3, -0.25) is 0 Å². The average Bonchev–Trinajstić information content (AvgIpc) is 2.45. The molecule has 2 unspecified atom stereocenters. The first-order chi connectivity index (χ1) is 10.4. The van der Waals surface area contributed by atoms with Gasteiger partial charge in [-0.05, 0) is 41.4 Å². The Balaban J connectivity index is 2.09. The van der Waals surface area contributed by atoms with Crippen molar-refractivity contribution in [2.75, 3.05) is 13.2 Å². The third-order valence-corrected chi connectivity index (χ3v) is 5.12. The first-order valence-corrected chi connectivity index (χ1v) is 8.60. The van der Waals surface area contributed by atoms with E-state index in [0.29, 0.717) is 25.0 Å². The largest absolute Gasteiger partial charge is 0.385 e. The minimum absolute atomic E-state index is 0.262. The number of hydrogen-bond donors (Lipinski definition) is 2. The maximum Gasteiger partial charge on any atom is 0.0933 e. The van der Waals surface area contributed by atoms with Crippen molar-refractivity contribution < 1.29 is 9.84 Å². The van der Waals surface area contributed by atoms with E-state index < -0.39 is 5.60 Å². The summed E-state index contributed by atoms with van der Waals surface area (Å²) in [6.07, 6.45) is 1.49. The number of hydrogen-bond acceptors (Lipinski definition) is 3. The standard InChI is InChI=1S/C19H29NO2/c1-12(2)16-6-5-7-17(13(3)4)18(16)19(21)8-14-10-22-11-15(9-19)20-14/h5-7,12-15,20-21H,8-11H2,1-4H3. The minimum atomic E-state index is -0.731. The van der Waals surface area contributed by atoms with Gasteiger partial charge in [0.2, 0.25) is 0 Å². The molecule has 3 heteroatoms. The van der Waals surface area contributed by atoms with Crippen LogP contribution in [0.3, 0.4) is 0 Å². The number of ether oxygens (including phenoxy) is 1. The van der Waals surface area contributed by atoms with E-state index in [0.717, 1.165) is 12.8 Å². The van der Waals surface area contributed by atoms with Gasteiger partial charge in [0.05, 0.1) is 18.8 Å². The number of nitrogens with one attached hydrogen (secondary N) is 1. The van der Waals surface area contributed by atoms with Crippen molar-refractivity contribution in [2.45, 2.75) is 70.1 Å². The molecule has 0 radical (unpaired) electrons. The molecule has 0 saturated carbocycles. The van der Waals surface area contributed by atoms with Gasteiger partial charge in [-0.1, -0.05) is 45.9 Å². The van der Waals surface area contributed by atoms with Gasteiger partial charge in [-0.25, -0.2) is 0 Å². The number of piperidine rings is 1. The Labute approximate surface area is 134 Å². The first kappa shape index (κ1) is 16.0. The van der Waals surface area contributed by atoms with Crippen molar-refractivity contribution >= 4 is 0 Å². The Morgan fingerprint density at radius 3 is 2.00 bits per heavy atom. The lowest BCUT2D eigenvalue weighted by Gasteiger charge is -2.47. The molecule has 0 spiro atoms. The van der Waals surface area contributed by atoms with E-state index in [2.05, 4.69) is 51.2 Å². The van der Waals surface area contributed by atoms with Crippen molar-refractivity contribution in [3.8, 4) is 0 Å². The van der Waals surface area contributed by atoms with Crippen molar-refractivity contribution in [3.63, 3.8) is 0 Å². The number of morpholine rings is 1. The molecular weight excluding hydrogens is 274 g/mol. The molecule has 2 aliphatic rings. The maximum absolute atomic E-state index is 11.6. The number of benzene rings is 1. The molecule has 2 atom stereocenters. The van der Waals surface area contributed by atoms with Crippen LogP contribution >= 0.6 is 0 Å². The van der Waals surface area contributed by atoms with E-state index in [9.17, 15) is 5.11 Å². The Hall–Kier alpha value is -0.900. The van der Waals surface area contributed by atoms with Gasteiger partial charge < -0.3 is 15.2 Å². The summed E-state index contributed by atoms with van der Waals surface area (Å²) in [6.45, 7) is 10.3. The highest BCUT2D eigenvalue weighted by Gasteiger charge is 2.44. The summed E-state index contributed by atoms with van der Waals surface area (Å²) < 4.78 is 5.65. The third-order valence-electron chi connectivity index (χ3n) is 5.12. The SMILES string of the molecule is CC(C)c1cccc(C(C)C)c1C1(O)CC2COCC(C1)N2. The molecule has 3 rings (SSSR count). The zero-order valence-electron chi connectivity index (χ0n) is 14.2. The minimum Gasteiger partial charge on any atom is -0.385 e. The summed E-state index contributed by atoms with van der Waals surface area (Å²) >= 11 is 0. The molecular formula is C19H29NO2. The maximum atomic E-state index is 11.6. The van der Waals surface area contributed by atoms with Gasteiger partial charge in [-0.2, -0.15) is 0 Å². The third kappa shape index (κ3) is 2.82. The summed E-state index contributed by atoms with van der Waals surface area (Å²) in [4.78, 5) is 0.